The van der Waals surface area contributed by atoms with E-state index in [-0.39, 0.29) is 11.6 Å². The fourth-order valence-electron chi connectivity index (χ4n) is 2.66. The molecule has 0 aromatic heterocycles. The number of anilines is 1. The number of imide groups is 1. The van der Waals surface area contributed by atoms with E-state index in [0.29, 0.717) is 13.0 Å². The molecule has 0 spiro atoms. The maximum Gasteiger partial charge on any atom is 0.573 e. The highest BCUT2D eigenvalue weighted by molar-refractivity contribution is 6.21. The molecule has 21 heavy (non-hydrogen) atoms. The van der Waals surface area contributed by atoms with Crippen molar-refractivity contribution in [2.75, 3.05) is 11.4 Å². The van der Waals surface area contributed by atoms with Crippen LogP contribution in [-0.4, -0.2) is 35.8 Å². The lowest BCUT2D eigenvalue weighted by molar-refractivity contribution is -0.274. The molecule has 2 heterocycles. The molecule has 2 aliphatic rings. The van der Waals surface area contributed by atoms with Gasteiger partial charge in [-0.1, -0.05) is 0 Å². The van der Waals surface area contributed by atoms with Crippen LogP contribution >= 0.6 is 0 Å². The molecule has 2 aliphatic heterocycles. The minimum atomic E-state index is -4.77. The summed E-state index contributed by atoms with van der Waals surface area (Å²) in [4.78, 5) is 26.8. The third-order valence-electron chi connectivity index (χ3n) is 3.52. The molecule has 1 unspecified atom stereocenters. The molecular weight excluding hydrogens is 289 g/mol. The normalized spacial score (nSPS) is 22.0. The Morgan fingerprint density at radius 2 is 1.81 bits per heavy atom. The number of alkyl halides is 3. The summed E-state index contributed by atoms with van der Waals surface area (Å²) in [6.45, 7) is 0.529. The van der Waals surface area contributed by atoms with Gasteiger partial charge in [-0.3, -0.25) is 4.79 Å². The second-order valence-corrected chi connectivity index (χ2v) is 4.85. The summed E-state index contributed by atoms with van der Waals surface area (Å²) in [5.41, 5.74) is 0.244. The standard InChI is InChI=1S/C13H11F3N2O3/c14-13(15,16)21-9-5-3-8(4-6-9)18-11(19)10-2-1-7-17(10)12(18)20/h3-6,10H,1-2,7H2. The van der Waals surface area contributed by atoms with Gasteiger partial charge in [0.15, 0.2) is 0 Å². The molecule has 0 saturated carbocycles. The quantitative estimate of drug-likeness (QED) is 0.789. The summed E-state index contributed by atoms with van der Waals surface area (Å²) in [5, 5.41) is 0. The minimum absolute atomic E-state index is 0.244. The number of hydrogen-bond donors (Lipinski definition) is 0. The van der Waals surface area contributed by atoms with Crippen LogP contribution in [-0.2, 0) is 4.79 Å². The fraction of sp³-hybridized carbons (Fsp3) is 0.385. The van der Waals surface area contributed by atoms with Gasteiger partial charge in [-0.15, -0.1) is 13.2 Å². The van der Waals surface area contributed by atoms with Crippen LogP contribution in [0.15, 0.2) is 24.3 Å². The van der Waals surface area contributed by atoms with Crippen molar-refractivity contribution < 1.29 is 27.5 Å². The Balaban J connectivity index is 1.81. The molecule has 3 amide bonds. The average molecular weight is 300 g/mol. The summed E-state index contributed by atoms with van der Waals surface area (Å²) in [5.74, 6) is -0.729. The maximum atomic E-state index is 12.2. The smallest absolute Gasteiger partial charge is 0.406 e. The number of urea groups is 1. The molecule has 1 aromatic rings. The lowest BCUT2D eigenvalue weighted by atomic mass is 10.2. The van der Waals surface area contributed by atoms with Gasteiger partial charge in [0, 0.05) is 6.54 Å². The largest absolute Gasteiger partial charge is 0.573 e. The number of carbonyl (C=O) groups excluding carboxylic acids is 2. The van der Waals surface area contributed by atoms with Crippen LogP contribution < -0.4 is 9.64 Å². The number of fused-ring (bicyclic) bond motifs is 1. The van der Waals surface area contributed by atoms with Crippen LogP contribution in [0.3, 0.4) is 0 Å². The highest BCUT2D eigenvalue weighted by Crippen LogP contribution is 2.32. The third kappa shape index (κ3) is 2.41. The molecule has 112 valence electrons. The van der Waals surface area contributed by atoms with Gasteiger partial charge in [-0.25, -0.2) is 9.69 Å². The Hall–Kier alpha value is -2.25. The van der Waals surface area contributed by atoms with E-state index < -0.39 is 24.2 Å². The van der Waals surface area contributed by atoms with E-state index in [1.54, 1.807) is 0 Å². The molecule has 0 aliphatic carbocycles. The van der Waals surface area contributed by atoms with Crippen molar-refractivity contribution in [2.24, 2.45) is 0 Å². The minimum Gasteiger partial charge on any atom is -0.406 e. The summed E-state index contributed by atoms with van der Waals surface area (Å²) in [6, 6.07) is 3.81. The van der Waals surface area contributed by atoms with Gasteiger partial charge in [0.1, 0.15) is 11.8 Å². The van der Waals surface area contributed by atoms with Gasteiger partial charge in [0.05, 0.1) is 5.69 Å². The van der Waals surface area contributed by atoms with E-state index in [9.17, 15) is 22.8 Å². The van der Waals surface area contributed by atoms with Gasteiger partial charge in [-0.05, 0) is 37.1 Å². The van der Waals surface area contributed by atoms with Gasteiger partial charge in [-0.2, -0.15) is 0 Å². The van der Waals surface area contributed by atoms with Crippen LogP contribution in [0.5, 0.6) is 5.75 Å². The van der Waals surface area contributed by atoms with E-state index in [0.717, 1.165) is 23.5 Å². The number of halogens is 3. The number of nitrogens with zero attached hydrogens (tertiary/aromatic N) is 2. The van der Waals surface area contributed by atoms with Crippen molar-refractivity contribution in [3.05, 3.63) is 24.3 Å². The van der Waals surface area contributed by atoms with Crippen molar-refractivity contribution in [3.63, 3.8) is 0 Å². The van der Waals surface area contributed by atoms with E-state index in [4.69, 9.17) is 0 Å². The van der Waals surface area contributed by atoms with E-state index >= 15 is 0 Å². The SMILES string of the molecule is O=C1C2CCCN2C(=O)N1c1ccc(OC(F)(F)F)cc1. The molecular formula is C13H11F3N2O3. The number of carbonyl (C=O) groups is 2. The number of rotatable bonds is 2. The Labute approximate surface area is 117 Å². The average Bonchev–Trinajstić information content (AvgIpc) is 2.95. The van der Waals surface area contributed by atoms with Gasteiger partial charge >= 0.3 is 12.4 Å². The van der Waals surface area contributed by atoms with Gasteiger partial charge in [0.2, 0.25) is 0 Å². The summed E-state index contributed by atoms with van der Waals surface area (Å²) < 4.78 is 40.0. The van der Waals surface area contributed by atoms with Crippen LogP contribution in [0.4, 0.5) is 23.7 Å². The first-order valence-electron chi connectivity index (χ1n) is 6.37. The lowest BCUT2D eigenvalue weighted by Gasteiger charge is -2.16. The highest BCUT2D eigenvalue weighted by atomic mass is 19.4. The molecule has 2 fully saturated rings. The number of hydrogen-bond acceptors (Lipinski definition) is 3. The fourth-order valence-corrected chi connectivity index (χ4v) is 2.66. The maximum absolute atomic E-state index is 12.2. The number of ether oxygens (including phenoxy) is 1. The van der Waals surface area contributed by atoms with E-state index in [2.05, 4.69) is 4.74 Å². The van der Waals surface area contributed by atoms with Crippen LogP contribution in [0, 0.1) is 0 Å². The topological polar surface area (TPSA) is 49.9 Å². The van der Waals surface area contributed by atoms with Gasteiger partial charge in [0.25, 0.3) is 5.91 Å². The highest BCUT2D eigenvalue weighted by Gasteiger charge is 2.47. The Kier molecular flexibility index (Phi) is 3.03. The predicted molar refractivity (Wildman–Crippen MR) is 65.7 cm³/mol. The number of benzene rings is 1. The zero-order valence-corrected chi connectivity index (χ0v) is 10.8. The van der Waals surface area contributed by atoms with Crippen molar-refractivity contribution in [1.82, 2.24) is 4.90 Å². The molecule has 0 N–H and O–H groups in total. The van der Waals surface area contributed by atoms with Gasteiger partial charge < -0.3 is 9.64 Å². The first-order chi connectivity index (χ1) is 9.87. The van der Waals surface area contributed by atoms with Crippen molar-refractivity contribution >= 4 is 17.6 Å². The summed E-state index contributed by atoms with van der Waals surface area (Å²) in [7, 11) is 0. The first-order valence-corrected chi connectivity index (χ1v) is 6.37. The molecule has 1 atom stereocenters. The summed E-state index contributed by atoms with van der Waals surface area (Å²) >= 11 is 0. The van der Waals surface area contributed by atoms with Crippen LogP contribution in [0.1, 0.15) is 12.8 Å². The third-order valence-corrected chi connectivity index (χ3v) is 3.52. The molecule has 3 rings (SSSR count). The van der Waals surface area contributed by atoms with Crippen molar-refractivity contribution in [1.29, 1.82) is 0 Å². The second kappa shape index (κ2) is 4.64. The molecule has 1 aromatic carbocycles. The zero-order valence-electron chi connectivity index (χ0n) is 10.8. The zero-order chi connectivity index (χ0) is 15.2. The number of amides is 3. The first kappa shape index (κ1) is 13.7. The lowest BCUT2D eigenvalue weighted by Crippen LogP contribution is -2.33. The van der Waals surface area contributed by atoms with E-state index in [1.165, 1.54) is 17.0 Å². The second-order valence-electron chi connectivity index (χ2n) is 4.85. The molecule has 8 heteroatoms. The monoisotopic (exact) mass is 300 g/mol. The Bertz CT molecular complexity index is 563. The Morgan fingerprint density at radius 3 is 2.38 bits per heavy atom. The Morgan fingerprint density at radius 1 is 1.14 bits per heavy atom. The van der Waals surface area contributed by atoms with E-state index in [1.807, 2.05) is 0 Å². The summed E-state index contributed by atoms with van der Waals surface area (Å²) in [6.07, 6.45) is -3.37. The molecule has 0 bridgehead atoms. The van der Waals surface area contributed by atoms with Crippen LogP contribution in [0.2, 0.25) is 0 Å². The predicted octanol–water partition coefficient (Wildman–Crippen LogP) is 2.52. The molecule has 5 nitrogen and oxygen atoms in total. The molecule has 2 saturated heterocycles. The van der Waals surface area contributed by atoms with Crippen molar-refractivity contribution in [2.45, 2.75) is 25.2 Å². The molecule has 0 radical (unpaired) electrons. The van der Waals surface area contributed by atoms with Crippen LogP contribution in [0.25, 0.3) is 0 Å². The van der Waals surface area contributed by atoms with Crippen molar-refractivity contribution in [3.8, 4) is 5.75 Å².